The summed E-state index contributed by atoms with van der Waals surface area (Å²) < 4.78 is 1.89. The average molecular weight is 391 g/mol. The maximum absolute atomic E-state index is 12.1. The number of nitrogens with zero attached hydrogens (tertiary/aromatic N) is 2. The Balaban J connectivity index is 2.22. The summed E-state index contributed by atoms with van der Waals surface area (Å²) in [7, 11) is 0. The maximum Gasteiger partial charge on any atom is 0.287 e. The minimum Gasteiger partial charge on any atom is -0.324 e. The predicted molar refractivity (Wildman–Crippen MR) is 86.0 cm³/mol. The van der Waals surface area contributed by atoms with E-state index in [-0.39, 0.29) is 16.0 Å². The molecule has 0 aliphatic rings. The Kier molecular flexibility index (Phi) is 5.03. The lowest BCUT2D eigenvalue weighted by Gasteiger charge is -2.14. The maximum atomic E-state index is 12.1. The van der Waals surface area contributed by atoms with Crippen LogP contribution in [0.2, 0.25) is 10.0 Å². The zero-order valence-corrected chi connectivity index (χ0v) is 13.9. The van der Waals surface area contributed by atoms with Gasteiger partial charge in [-0.1, -0.05) is 39.1 Å². The molecule has 2 rings (SSSR count). The first-order valence-electron chi connectivity index (χ1n) is 5.89. The van der Waals surface area contributed by atoms with Crippen molar-refractivity contribution in [3.05, 3.63) is 55.3 Å². The molecule has 8 heteroatoms. The van der Waals surface area contributed by atoms with Crippen LogP contribution in [0.3, 0.4) is 0 Å². The van der Waals surface area contributed by atoms with Gasteiger partial charge < -0.3 is 5.32 Å². The van der Waals surface area contributed by atoms with Crippen molar-refractivity contribution in [2.24, 2.45) is 0 Å². The highest BCUT2D eigenvalue weighted by Gasteiger charge is 2.19. The summed E-state index contributed by atoms with van der Waals surface area (Å²) in [5.41, 5.74) is 0.00535. The van der Waals surface area contributed by atoms with Crippen molar-refractivity contribution in [2.45, 2.75) is 13.0 Å². The fraction of sp³-hybridized carbons (Fsp3) is 0.154. The fourth-order valence-electron chi connectivity index (χ4n) is 1.59. The predicted octanol–water partition coefficient (Wildman–Crippen LogP) is 3.51. The van der Waals surface area contributed by atoms with Crippen LogP contribution < -0.4 is 10.9 Å². The summed E-state index contributed by atoms with van der Waals surface area (Å²) in [5.74, 6) is -0.384. The Hall–Kier alpha value is -1.37. The number of benzene rings is 1. The average Bonchev–Trinajstić information content (AvgIpc) is 2.46. The van der Waals surface area contributed by atoms with Crippen molar-refractivity contribution in [3.63, 3.8) is 0 Å². The van der Waals surface area contributed by atoms with Gasteiger partial charge in [0, 0.05) is 10.2 Å². The zero-order chi connectivity index (χ0) is 15.6. The number of hydrogen-bond acceptors (Lipinski definition) is 3. The molecule has 0 saturated carbocycles. The molecule has 0 unspecified atom stereocenters. The van der Waals surface area contributed by atoms with Crippen molar-refractivity contribution in [1.29, 1.82) is 0 Å². The first-order valence-corrected chi connectivity index (χ1v) is 7.44. The van der Waals surface area contributed by atoms with Crippen LogP contribution in [0.25, 0.3) is 0 Å². The van der Waals surface area contributed by atoms with Gasteiger partial charge in [0.25, 0.3) is 5.56 Å². The number of halogens is 3. The third-order valence-electron chi connectivity index (χ3n) is 2.76. The van der Waals surface area contributed by atoms with Crippen molar-refractivity contribution >= 4 is 50.7 Å². The molecular formula is C13H10BrCl2N3O2. The highest BCUT2D eigenvalue weighted by molar-refractivity contribution is 9.10. The van der Waals surface area contributed by atoms with Crippen LogP contribution in [-0.2, 0) is 4.79 Å². The molecule has 1 atom stereocenters. The molecule has 2 aromatic rings. The first kappa shape index (κ1) is 16.0. The standard InChI is InChI=1S/C13H10BrCl2N3O2/c1-7(19-13(21)11(16)10(15)6-17-19)12(20)18-9-4-2-8(14)3-5-9/h2-7H,1H3,(H,18,20)/t7-/m0/s1. The monoisotopic (exact) mass is 389 g/mol. The number of nitrogens with one attached hydrogen (secondary N) is 1. The fourth-order valence-corrected chi connectivity index (χ4v) is 2.12. The SMILES string of the molecule is C[C@@H](C(=O)Nc1ccc(Br)cc1)n1ncc(Cl)c(Cl)c1=O. The number of anilines is 1. The topological polar surface area (TPSA) is 64.0 Å². The van der Waals surface area contributed by atoms with E-state index in [2.05, 4.69) is 26.3 Å². The van der Waals surface area contributed by atoms with E-state index in [0.717, 1.165) is 9.15 Å². The lowest BCUT2D eigenvalue weighted by molar-refractivity contribution is -0.119. The third kappa shape index (κ3) is 3.64. The molecule has 0 bridgehead atoms. The molecule has 0 aliphatic heterocycles. The van der Waals surface area contributed by atoms with Crippen LogP contribution in [0.1, 0.15) is 13.0 Å². The molecule has 5 nitrogen and oxygen atoms in total. The van der Waals surface area contributed by atoms with E-state index in [0.29, 0.717) is 5.69 Å². The van der Waals surface area contributed by atoms with Crippen molar-refractivity contribution in [3.8, 4) is 0 Å². The van der Waals surface area contributed by atoms with Crippen LogP contribution in [0.4, 0.5) is 5.69 Å². The molecular weight excluding hydrogens is 381 g/mol. The van der Waals surface area contributed by atoms with Crippen LogP contribution in [0.5, 0.6) is 0 Å². The lowest BCUT2D eigenvalue weighted by Crippen LogP contribution is -2.33. The number of carbonyl (C=O) groups is 1. The van der Waals surface area contributed by atoms with Gasteiger partial charge in [0.1, 0.15) is 11.1 Å². The van der Waals surface area contributed by atoms with Crippen LogP contribution in [0, 0.1) is 0 Å². The molecule has 110 valence electrons. The van der Waals surface area contributed by atoms with Crippen molar-refractivity contribution in [2.75, 3.05) is 5.32 Å². The second-order valence-electron chi connectivity index (χ2n) is 4.23. The van der Waals surface area contributed by atoms with Crippen molar-refractivity contribution < 1.29 is 4.79 Å². The van der Waals surface area contributed by atoms with Crippen molar-refractivity contribution in [1.82, 2.24) is 9.78 Å². The van der Waals surface area contributed by atoms with E-state index in [1.807, 2.05) is 0 Å². The Morgan fingerprint density at radius 1 is 1.33 bits per heavy atom. The molecule has 0 radical (unpaired) electrons. The summed E-state index contributed by atoms with van der Waals surface area (Å²) in [6.07, 6.45) is 1.23. The van der Waals surface area contributed by atoms with Crippen LogP contribution >= 0.6 is 39.1 Å². The molecule has 0 fully saturated rings. The molecule has 21 heavy (non-hydrogen) atoms. The Morgan fingerprint density at radius 2 is 1.95 bits per heavy atom. The van der Waals surface area contributed by atoms with E-state index in [1.165, 1.54) is 6.20 Å². The van der Waals surface area contributed by atoms with E-state index in [1.54, 1.807) is 31.2 Å². The molecule has 0 saturated heterocycles. The van der Waals surface area contributed by atoms with E-state index >= 15 is 0 Å². The van der Waals surface area contributed by atoms with Gasteiger partial charge in [-0.15, -0.1) is 0 Å². The second-order valence-corrected chi connectivity index (χ2v) is 5.93. The smallest absolute Gasteiger partial charge is 0.287 e. The number of hydrogen-bond donors (Lipinski definition) is 1. The molecule has 0 aliphatic carbocycles. The minimum absolute atomic E-state index is 0.0541. The molecule has 0 spiro atoms. The van der Waals surface area contributed by atoms with Gasteiger partial charge >= 0.3 is 0 Å². The summed E-state index contributed by atoms with van der Waals surface area (Å²) in [4.78, 5) is 24.1. The number of aromatic nitrogens is 2. The number of amides is 1. The molecule has 1 N–H and O–H groups in total. The summed E-state index contributed by atoms with van der Waals surface area (Å²) in [6.45, 7) is 1.55. The summed E-state index contributed by atoms with van der Waals surface area (Å²) in [5, 5.41) is 6.42. The number of rotatable bonds is 3. The van der Waals surface area contributed by atoms with Gasteiger partial charge in [0.2, 0.25) is 5.91 Å². The Morgan fingerprint density at radius 3 is 2.57 bits per heavy atom. The molecule has 1 amide bonds. The first-order chi connectivity index (χ1) is 9.90. The highest BCUT2D eigenvalue weighted by Crippen LogP contribution is 2.18. The Labute approximate surface area is 139 Å². The van der Waals surface area contributed by atoms with Gasteiger partial charge in [-0.3, -0.25) is 9.59 Å². The number of carbonyl (C=O) groups excluding carboxylic acids is 1. The van der Waals surface area contributed by atoms with E-state index in [4.69, 9.17) is 23.2 Å². The summed E-state index contributed by atoms with van der Waals surface area (Å²) in [6, 6.07) is 6.24. The summed E-state index contributed by atoms with van der Waals surface area (Å²) >= 11 is 14.8. The lowest BCUT2D eigenvalue weighted by atomic mass is 10.2. The van der Waals surface area contributed by atoms with E-state index in [9.17, 15) is 9.59 Å². The minimum atomic E-state index is -0.823. The normalized spacial score (nSPS) is 12.0. The van der Waals surface area contributed by atoms with Crippen LogP contribution in [-0.4, -0.2) is 15.7 Å². The van der Waals surface area contributed by atoms with Gasteiger partial charge in [-0.2, -0.15) is 5.10 Å². The zero-order valence-electron chi connectivity index (χ0n) is 10.8. The second kappa shape index (κ2) is 6.60. The van der Waals surface area contributed by atoms with E-state index < -0.39 is 11.6 Å². The quantitative estimate of drug-likeness (QED) is 0.871. The van der Waals surface area contributed by atoms with Crippen LogP contribution in [0.15, 0.2) is 39.7 Å². The third-order valence-corrected chi connectivity index (χ3v) is 4.04. The highest BCUT2D eigenvalue weighted by atomic mass is 79.9. The van der Waals surface area contributed by atoms with Gasteiger partial charge in [-0.25, -0.2) is 4.68 Å². The molecule has 1 aromatic heterocycles. The van der Waals surface area contributed by atoms with Gasteiger partial charge in [-0.05, 0) is 31.2 Å². The van der Waals surface area contributed by atoms with Gasteiger partial charge in [0.15, 0.2) is 0 Å². The van der Waals surface area contributed by atoms with Gasteiger partial charge in [0.05, 0.1) is 11.2 Å². The Bertz CT molecular complexity index is 731. The molecule has 1 aromatic carbocycles. The molecule has 1 heterocycles. The largest absolute Gasteiger partial charge is 0.324 e.